The van der Waals surface area contributed by atoms with Crippen LogP contribution in [0.4, 0.5) is 5.69 Å². The Labute approximate surface area is 164 Å². The maximum Gasteiger partial charge on any atom is 0.165 e. The molecule has 5 rings (SSSR count). The standard InChI is InChI=1S/C23H25NO4/c1-27-17-8-4-6-15(22(17)28-2)21-19-13-10-9-12(11-13)18(19)14-5-3-7-16(23(25)26)20(14)24-21/h3-8,12-13,18-19,21,24H,9-11H2,1-2H3,(H,25,26)/p-1/t12-,13-,18+,19-,21-/m0/s1. The van der Waals surface area contributed by atoms with Crippen molar-refractivity contribution in [1.29, 1.82) is 0 Å². The molecule has 2 saturated carbocycles. The fourth-order valence-corrected chi connectivity index (χ4v) is 6.15. The summed E-state index contributed by atoms with van der Waals surface area (Å²) in [5.41, 5.74) is 3.12. The summed E-state index contributed by atoms with van der Waals surface area (Å²) < 4.78 is 11.2. The van der Waals surface area contributed by atoms with Gasteiger partial charge in [0.05, 0.1) is 26.2 Å². The minimum Gasteiger partial charge on any atom is -0.545 e. The number of rotatable bonds is 4. The van der Waals surface area contributed by atoms with Crippen molar-refractivity contribution in [3.63, 3.8) is 0 Å². The molecule has 0 unspecified atom stereocenters. The number of hydrogen-bond acceptors (Lipinski definition) is 5. The Balaban J connectivity index is 1.70. The lowest BCUT2D eigenvalue weighted by atomic mass is 9.67. The second-order valence-electron chi connectivity index (χ2n) is 8.20. The number of methoxy groups -OCH3 is 2. The van der Waals surface area contributed by atoms with Crippen LogP contribution >= 0.6 is 0 Å². The van der Waals surface area contributed by atoms with Gasteiger partial charge in [-0.05, 0) is 54.6 Å². The topological polar surface area (TPSA) is 70.6 Å². The molecule has 0 saturated heterocycles. The average Bonchev–Trinajstić information content (AvgIpc) is 3.34. The van der Waals surface area contributed by atoms with Crippen LogP contribution in [-0.2, 0) is 0 Å². The predicted octanol–water partition coefficient (Wildman–Crippen LogP) is 3.36. The molecule has 5 nitrogen and oxygen atoms in total. The zero-order chi connectivity index (χ0) is 19.4. The van der Waals surface area contributed by atoms with Crippen molar-refractivity contribution in [2.24, 2.45) is 17.8 Å². The summed E-state index contributed by atoms with van der Waals surface area (Å²) in [6, 6.07) is 11.5. The summed E-state index contributed by atoms with van der Waals surface area (Å²) in [6.45, 7) is 0. The molecule has 2 aliphatic carbocycles. The Kier molecular flexibility index (Phi) is 4.00. The molecule has 1 N–H and O–H groups in total. The highest BCUT2D eigenvalue weighted by atomic mass is 16.5. The number of para-hydroxylation sites is 2. The molecule has 3 aliphatic rings. The van der Waals surface area contributed by atoms with Crippen molar-refractivity contribution in [3.05, 3.63) is 53.1 Å². The molecule has 1 heterocycles. The van der Waals surface area contributed by atoms with Crippen LogP contribution < -0.4 is 19.9 Å². The Morgan fingerprint density at radius 2 is 1.79 bits per heavy atom. The first kappa shape index (κ1) is 17.4. The lowest BCUT2D eigenvalue weighted by Gasteiger charge is -2.44. The molecule has 0 aromatic heterocycles. The second kappa shape index (κ2) is 6.43. The highest BCUT2D eigenvalue weighted by Crippen LogP contribution is 2.64. The van der Waals surface area contributed by atoms with Crippen molar-refractivity contribution < 1.29 is 19.4 Å². The van der Waals surface area contributed by atoms with Gasteiger partial charge in [-0.3, -0.25) is 0 Å². The number of carbonyl (C=O) groups excluding carboxylic acids is 1. The number of carboxylic acid groups (broad SMARTS) is 1. The highest BCUT2D eigenvalue weighted by Gasteiger charge is 2.54. The molecule has 2 aromatic rings. The third-order valence-corrected chi connectivity index (χ3v) is 7.11. The molecular formula is C23H24NO4-. The number of nitrogens with one attached hydrogen (secondary N) is 1. The van der Waals surface area contributed by atoms with E-state index in [0.717, 1.165) is 16.9 Å². The summed E-state index contributed by atoms with van der Waals surface area (Å²) in [5, 5.41) is 15.4. The van der Waals surface area contributed by atoms with E-state index in [2.05, 4.69) is 17.4 Å². The first-order chi connectivity index (χ1) is 13.6. The second-order valence-corrected chi connectivity index (χ2v) is 8.20. The summed E-state index contributed by atoms with van der Waals surface area (Å²) in [5.74, 6) is 2.33. The lowest BCUT2D eigenvalue weighted by Crippen LogP contribution is -2.37. The number of ether oxygens (including phenoxy) is 2. The number of carboxylic acids is 1. The van der Waals surface area contributed by atoms with E-state index in [1.807, 2.05) is 18.2 Å². The van der Waals surface area contributed by atoms with Crippen LogP contribution in [0.3, 0.4) is 0 Å². The van der Waals surface area contributed by atoms with E-state index in [4.69, 9.17) is 9.47 Å². The zero-order valence-corrected chi connectivity index (χ0v) is 16.1. The molecule has 2 bridgehead atoms. The average molecular weight is 378 g/mol. The van der Waals surface area contributed by atoms with E-state index in [1.165, 1.54) is 19.3 Å². The number of carbonyl (C=O) groups is 1. The van der Waals surface area contributed by atoms with Gasteiger partial charge in [0.1, 0.15) is 0 Å². The van der Waals surface area contributed by atoms with Gasteiger partial charge in [-0.15, -0.1) is 0 Å². The van der Waals surface area contributed by atoms with E-state index in [1.54, 1.807) is 20.3 Å². The SMILES string of the molecule is COc1cccc([C@@H]2Nc3c(C(=O)[O-])cccc3[C@H]3[C@H]4CC[C@@H](C4)[C@@H]32)c1OC. The molecule has 146 valence electrons. The van der Waals surface area contributed by atoms with E-state index < -0.39 is 5.97 Å². The van der Waals surface area contributed by atoms with E-state index in [9.17, 15) is 9.90 Å². The molecule has 2 aromatic carbocycles. The minimum atomic E-state index is -1.14. The molecule has 0 amide bonds. The normalized spacial score (nSPS) is 29.6. The fraction of sp³-hybridized carbons (Fsp3) is 0.435. The third-order valence-electron chi connectivity index (χ3n) is 7.11. The zero-order valence-electron chi connectivity index (χ0n) is 16.1. The van der Waals surface area contributed by atoms with Crippen LogP contribution in [0.5, 0.6) is 11.5 Å². The minimum absolute atomic E-state index is 0.0154. The van der Waals surface area contributed by atoms with Crippen molar-refractivity contribution in [3.8, 4) is 11.5 Å². The fourth-order valence-electron chi connectivity index (χ4n) is 6.15. The van der Waals surface area contributed by atoms with Gasteiger partial charge < -0.3 is 24.7 Å². The highest BCUT2D eigenvalue weighted by molar-refractivity contribution is 5.94. The van der Waals surface area contributed by atoms with Gasteiger partial charge in [0, 0.05) is 16.8 Å². The van der Waals surface area contributed by atoms with Gasteiger partial charge >= 0.3 is 0 Å². The Bertz CT molecular complexity index is 940. The number of fused-ring (bicyclic) bond motifs is 7. The molecular weight excluding hydrogens is 354 g/mol. The van der Waals surface area contributed by atoms with E-state index >= 15 is 0 Å². The first-order valence-electron chi connectivity index (χ1n) is 9.95. The van der Waals surface area contributed by atoms with Gasteiger partial charge in [0.25, 0.3) is 0 Å². The Morgan fingerprint density at radius 1 is 1.04 bits per heavy atom. The van der Waals surface area contributed by atoms with Crippen molar-refractivity contribution in [1.82, 2.24) is 0 Å². The van der Waals surface area contributed by atoms with E-state index in [0.29, 0.717) is 35.1 Å². The van der Waals surface area contributed by atoms with Gasteiger partial charge in [-0.25, -0.2) is 0 Å². The summed E-state index contributed by atoms with van der Waals surface area (Å²) in [7, 11) is 3.29. The van der Waals surface area contributed by atoms with Gasteiger partial charge in [0.2, 0.25) is 0 Å². The van der Waals surface area contributed by atoms with Crippen LogP contribution in [0.2, 0.25) is 0 Å². The van der Waals surface area contributed by atoms with Crippen LogP contribution in [-0.4, -0.2) is 20.2 Å². The molecule has 2 fully saturated rings. The summed E-state index contributed by atoms with van der Waals surface area (Å²) >= 11 is 0. The summed E-state index contributed by atoms with van der Waals surface area (Å²) in [6.07, 6.45) is 3.68. The monoisotopic (exact) mass is 378 g/mol. The van der Waals surface area contributed by atoms with Crippen molar-refractivity contribution in [2.45, 2.75) is 31.2 Å². The van der Waals surface area contributed by atoms with Crippen LogP contribution in [0.15, 0.2) is 36.4 Å². The Hall–Kier alpha value is -2.69. The molecule has 5 heteroatoms. The number of anilines is 1. The van der Waals surface area contributed by atoms with Crippen molar-refractivity contribution >= 4 is 11.7 Å². The molecule has 0 radical (unpaired) electrons. The van der Waals surface area contributed by atoms with Gasteiger partial charge in [-0.2, -0.15) is 0 Å². The van der Waals surface area contributed by atoms with Gasteiger partial charge in [-0.1, -0.05) is 30.3 Å². The largest absolute Gasteiger partial charge is 0.545 e. The van der Waals surface area contributed by atoms with E-state index in [-0.39, 0.29) is 11.6 Å². The smallest absolute Gasteiger partial charge is 0.165 e. The third kappa shape index (κ3) is 2.35. The number of aromatic carboxylic acids is 1. The van der Waals surface area contributed by atoms with Crippen molar-refractivity contribution in [2.75, 3.05) is 19.5 Å². The molecule has 1 aliphatic heterocycles. The lowest BCUT2D eigenvalue weighted by molar-refractivity contribution is -0.254. The number of benzene rings is 2. The maximum absolute atomic E-state index is 11.8. The van der Waals surface area contributed by atoms with Crippen LogP contribution in [0.1, 0.15) is 52.7 Å². The molecule has 28 heavy (non-hydrogen) atoms. The molecule has 5 atom stereocenters. The number of hydrogen-bond donors (Lipinski definition) is 1. The first-order valence-corrected chi connectivity index (χ1v) is 9.95. The Morgan fingerprint density at radius 3 is 2.54 bits per heavy atom. The van der Waals surface area contributed by atoms with Crippen LogP contribution in [0.25, 0.3) is 0 Å². The van der Waals surface area contributed by atoms with Crippen LogP contribution in [0, 0.1) is 17.8 Å². The summed E-state index contributed by atoms with van der Waals surface area (Å²) in [4.78, 5) is 11.8. The maximum atomic E-state index is 11.8. The molecule has 0 spiro atoms. The van der Waals surface area contributed by atoms with Gasteiger partial charge in [0.15, 0.2) is 11.5 Å². The predicted molar refractivity (Wildman–Crippen MR) is 104 cm³/mol. The quantitative estimate of drug-likeness (QED) is 0.883.